The van der Waals surface area contributed by atoms with Crippen LogP contribution >= 0.6 is 11.6 Å². The summed E-state index contributed by atoms with van der Waals surface area (Å²) in [6.45, 7) is 5.47. The number of anilines is 1. The Labute approximate surface area is 301 Å². The van der Waals surface area contributed by atoms with E-state index in [9.17, 15) is 13.2 Å². The second-order valence-electron chi connectivity index (χ2n) is 12.9. The van der Waals surface area contributed by atoms with Gasteiger partial charge in [-0.1, -0.05) is 23.7 Å². The molecule has 1 amide bonds. The van der Waals surface area contributed by atoms with Gasteiger partial charge in [-0.25, -0.2) is 36.3 Å². The summed E-state index contributed by atoms with van der Waals surface area (Å²) >= 11 is 6.12. The molecule has 272 valence electrons. The van der Waals surface area contributed by atoms with E-state index in [0.29, 0.717) is 47.2 Å². The number of carbonyl (C=O) groups is 1. The van der Waals surface area contributed by atoms with Crippen molar-refractivity contribution in [3.05, 3.63) is 101 Å². The number of hydrogen-bond donors (Lipinski definition) is 0. The molecular formula is C36H39ClF2N4O7S. The molecule has 51 heavy (non-hydrogen) atoms. The first-order chi connectivity index (χ1) is 24.2. The molecule has 1 aromatic heterocycles. The summed E-state index contributed by atoms with van der Waals surface area (Å²) in [6.07, 6.45) is 2.72. The van der Waals surface area contributed by atoms with Crippen molar-refractivity contribution in [2.75, 3.05) is 38.2 Å². The van der Waals surface area contributed by atoms with Crippen LogP contribution < -0.4 is 18.5 Å². The zero-order chi connectivity index (χ0) is 36.9. The third-order valence-corrected chi connectivity index (χ3v) is 10.3. The minimum absolute atomic E-state index is 0.108. The predicted octanol–water partition coefficient (Wildman–Crippen LogP) is 7.24. The standard InChI is InChI=1S/C36H39ClF2N4O7S/c1-36(2,3)50-35(44)42-16-13-28(23-7-10-26(37)11-8-23)25(20-42)22-49-32-18-30(39)33(19-29(32)38)51(45,46)43(34-40-14-6-15-41-34)21-24-9-12-27(47-4)17-31(24)48-5/h6-12,14-15,17-19,25,28H,13,16,20-22H2,1-5H3/t25-,28?/m0/s1. The van der Waals surface area contributed by atoms with Crippen LogP contribution in [0, 0.1) is 17.6 Å². The molecule has 1 fully saturated rings. The van der Waals surface area contributed by atoms with Crippen LogP contribution in [0.3, 0.4) is 0 Å². The van der Waals surface area contributed by atoms with Crippen molar-refractivity contribution in [3.8, 4) is 17.2 Å². The van der Waals surface area contributed by atoms with E-state index in [2.05, 4.69) is 9.97 Å². The van der Waals surface area contributed by atoms with Crippen LogP contribution in [-0.4, -0.2) is 68.9 Å². The maximum atomic E-state index is 15.8. The molecule has 11 nitrogen and oxygen atoms in total. The molecule has 2 atom stereocenters. The molecule has 0 N–H and O–H groups in total. The average Bonchev–Trinajstić information content (AvgIpc) is 3.10. The van der Waals surface area contributed by atoms with E-state index in [-0.39, 0.29) is 37.5 Å². The van der Waals surface area contributed by atoms with E-state index in [4.69, 9.17) is 30.5 Å². The summed E-state index contributed by atoms with van der Waals surface area (Å²) in [5.74, 6) is -2.81. The lowest BCUT2D eigenvalue weighted by molar-refractivity contribution is 0.0110. The second-order valence-corrected chi connectivity index (χ2v) is 15.2. The summed E-state index contributed by atoms with van der Waals surface area (Å²) in [6, 6.07) is 14.8. The Balaban J connectivity index is 1.42. The zero-order valence-electron chi connectivity index (χ0n) is 28.8. The van der Waals surface area contributed by atoms with Crippen LogP contribution in [0.2, 0.25) is 5.02 Å². The quantitative estimate of drug-likeness (QED) is 0.157. The van der Waals surface area contributed by atoms with Gasteiger partial charge in [0.25, 0.3) is 10.0 Å². The number of methoxy groups -OCH3 is 2. The van der Waals surface area contributed by atoms with E-state index in [0.717, 1.165) is 9.87 Å². The fourth-order valence-corrected chi connectivity index (χ4v) is 7.34. The normalized spacial score (nSPS) is 16.4. The van der Waals surface area contributed by atoms with Crippen molar-refractivity contribution in [1.82, 2.24) is 14.9 Å². The molecule has 15 heteroatoms. The van der Waals surface area contributed by atoms with Gasteiger partial charge in [-0.15, -0.1) is 0 Å². The largest absolute Gasteiger partial charge is 0.497 e. The molecule has 1 saturated heterocycles. The van der Waals surface area contributed by atoms with Gasteiger partial charge in [0.05, 0.1) is 27.4 Å². The van der Waals surface area contributed by atoms with Crippen molar-refractivity contribution in [3.63, 3.8) is 0 Å². The van der Waals surface area contributed by atoms with E-state index in [1.54, 1.807) is 56.0 Å². The van der Waals surface area contributed by atoms with Crippen LogP contribution in [0.4, 0.5) is 19.5 Å². The van der Waals surface area contributed by atoms with Crippen LogP contribution in [0.5, 0.6) is 17.2 Å². The van der Waals surface area contributed by atoms with Crippen molar-refractivity contribution < 1.29 is 40.9 Å². The van der Waals surface area contributed by atoms with Crippen molar-refractivity contribution in [2.45, 2.75) is 50.2 Å². The molecule has 4 aromatic rings. The van der Waals surface area contributed by atoms with Gasteiger partial charge in [0.15, 0.2) is 11.6 Å². The molecule has 1 aliphatic rings. The van der Waals surface area contributed by atoms with Crippen LogP contribution in [0.25, 0.3) is 0 Å². The molecule has 0 radical (unpaired) electrons. The SMILES string of the molecule is COc1ccc(CN(c2ncccn2)S(=O)(=O)c2cc(F)c(OC[C@@H]3CN(C(=O)OC(C)(C)C)CCC3c3ccc(Cl)cc3)cc2F)c(OC)c1. The summed E-state index contributed by atoms with van der Waals surface area (Å²) in [7, 11) is -1.92. The molecule has 1 unspecified atom stereocenters. The summed E-state index contributed by atoms with van der Waals surface area (Å²) in [4.78, 5) is 21.7. The number of likely N-dealkylation sites (tertiary alicyclic amines) is 1. The fraction of sp³-hybridized carbons (Fsp3) is 0.361. The molecule has 1 aliphatic heterocycles. The average molecular weight is 745 g/mol. The number of ether oxygens (including phenoxy) is 4. The lowest BCUT2D eigenvalue weighted by Gasteiger charge is -2.39. The predicted molar refractivity (Wildman–Crippen MR) is 187 cm³/mol. The molecular weight excluding hydrogens is 706 g/mol. The lowest BCUT2D eigenvalue weighted by atomic mass is 9.81. The minimum Gasteiger partial charge on any atom is -0.497 e. The van der Waals surface area contributed by atoms with Crippen molar-refractivity contribution >= 4 is 33.7 Å². The first-order valence-electron chi connectivity index (χ1n) is 16.1. The first-order valence-corrected chi connectivity index (χ1v) is 17.9. The number of aromatic nitrogens is 2. The Morgan fingerprint density at radius 1 is 0.980 bits per heavy atom. The number of piperidine rings is 1. The molecule has 3 aromatic carbocycles. The Kier molecular flexibility index (Phi) is 11.6. The molecule has 2 heterocycles. The van der Waals surface area contributed by atoms with E-state index < -0.39 is 44.0 Å². The highest BCUT2D eigenvalue weighted by molar-refractivity contribution is 7.92. The first kappa shape index (κ1) is 37.6. The van der Waals surface area contributed by atoms with Gasteiger partial charge in [-0.05, 0) is 69.0 Å². The second kappa shape index (κ2) is 15.7. The number of sulfonamides is 1. The van der Waals surface area contributed by atoms with Gasteiger partial charge in [0.2, 0.25) is 5.95 Å². The van der Waals surface area contributed by atoms with E-state index >= 15 is 8.78 Å². The molecule has 0 bridgehead atoms. The smallest absolute Gasteiger partial charge is 0.410 e. The van der Waals surface area contributed by atoms with Gasteiger partial charge in [-0.3, -0.25) is 0 Å². The van der Waals surface area contributed by atoms with Crippen LogP contribution in [-0.2, 0) is 21.3 Å². The van der Waals surface area contributed by atoms with Gasteiger partial charge in [0.1, 0.15) is 27.8 Å². The molecule has 0 aliphatic carbocycles. The van der Waals surface area contributed by atoms with E-state index in [1.807, 2.05) is 12.1 Å². The zero-order valence-corrected chi connectivity index (χ0v) is 30.4. The Bertz CT molecular complexity index is 1950. The minimum atomic E-state index is -4.80. The highest BCUT2D eigenvalue weighted by Crippen LogP contribution is 2.36. The summed E-state index contributed by atoms with van der Waals surface area (Å²) in [5, 5.41) is 0.561. The summed E-state index contributed by atoms with van der Waals surface area (Å²) < 4.78 is 82.5. The summed E-state index contributed by atoms with van der Waals surface area (Å²) in [5.41, 5.74) is 0.627. The number of amides is 1. The van der Waals surface area contributed by atoms with Crippen molar-refractivity contribution in [2.24, 2.45) is 5.92 Å². The number of nitrogens with zero attached hydrogens (tertiary/aromatic N) is 4. The molecule has 0 saturated carbocycles. The maximum absolute atomic E-state index is 15.8. The van der Waals surface area contributed by atoms with Crippen LogP contribution in [0.1, 0.15) is 44.2 Å². The van der Waals surface area contributed by atoms with Gasteiger partial charge >= 0.3 is 6.09 Å². The topological polar surface area (TPSA) is 120 Å². The Morgan fingerprint density at radius 2 is 1.69 bits per heavy atom. The number of carbonyl (C=O) groups excluding carboxylic acids is 1. The molecule has 0 spiro atoms. The lowest BCUT2D eigenvalue weighted by Crippen LogP contribution is -2.46. The van der Waals surface area contributed by atoms with Gasteiger partial charge in [0, 0.05) is 60.2 Å². The number of halogens is 3. The fourth-order valence-electron chi connectivity index (χ4n) is 5.80. The van der Waals surface area contributed by atoms with Gasteiger partial charge in [-0.2, -0.15) is 0 Å². The third-order valence-electron chi connectivity index (χ3n) is 8.27. The number of benzene rings is 3. The Morgan fingerprint density at radius 3 is 2.33 bits per heavy atom. The highest BCUT2D eigenvalue weighted by atomic mass is 35.5. The third kappa shape index (κ3) is 8.98. The van der Waals surface area contributed by atoms with Gasteiger partial charge < -0.3 is 23.8 Å². The molecule has 5 rings (SSSR count). The monoisotopic (exact) mass is 744 g/mol. The van der Waals surface area contributed by atoms with E-state index in [1.165, 1.54) is 32.7 Å². The van der Waals surface area contributed by atoms with Crippen molar-refractivity contribution in [1.29, 1.82) is 0 Å². The highest BCUT2D eigenvalue weighted by Gasteiger charge is 2.36. The Hall–Kier alpha value is -4.69. The number of hydrogen-bond acceptors (Lipinski definition) is 9. The number of rotatable bonds is 11. The maximum Gasteiger partial charge on any atom is 0.410 e. The van der Waals surface area contributed by atoms with Crippen LogP contribution in [0.15, 0.2) is 78.0 Å².